The molecule has 4 aromatic heterocycles. The number of ketones is 1. The van der Waals surface area contributed by atoms with Crippen LogP contribution in [0.5, 0.6) is 0 Å². The predicted octanol–water partition coefficient (Wildman–Crippen LogP) is 3.79. The number of nitrogens with one attached hydrogen (secondary N) is 1. The van der Waals surface area contributed by atoms with Gasteiger partial charge >= 0.3 is 5.97 Å². The number of aryl methyl sites for hydroxylation is 4. The van der Waals surface area contributed by atoms with E-state index >= 15 is 0 Å². The van der Waals surface area contributed by atoms with Crippen molar-refractivity contribution in [1.82, 2.24) is 5.32 Å². The average Bonchev–Trinajstić information content (AvgIpc) is 3.95. The third kappa shape index (κ3) is 17.8. The molecule has 0 aliphatic rings. The SMILES string of the molecule is CCC(=O)c1ccc(C)o1.CCC(N)c1ccc(C)o1.CCC(NC=O)c1ccc(C)o1.CC[C@@H]([NH3+])c1ccc(C)o1.O=C([O-])[C@@H](O)[C@H](O)C(=O)O. The Morgan fingerprint density at radius 1 is 0.750 bits per heavy atom. The van der Waals surface area contributed by atoms with Gasteiger partial charge in [-0.25, -0.2) is 4.79 Å². The fourth-order valence-corrected chi connectivity index (χ4v) is 3.87. The van der Waals surface area contributed by atoms with Crippen LogP contribution in [0.25, 0.3) is 0 Å². The van der Waals surface area contributed by atoms with E-state index in [1.54, 1.807) is 12.1 Å². The van der Waals surface area contributed by atoms with Crippen molar-refractivity contribution >= 4 is 24.1 Å². The fraction of sp³-hybridized carbons (Fsp3) is 0.459. The van der Waals surface area contributed by atoms with Gasteiger partial charge in [0.15, 0.2) is 23.4 Å². The molecule has 4 heterocycles. The molecule has 9 N–H and O–H groups in total. The van der Waals surface area contributed by atoms with E-state index in [-0.39, 0.29) is 17.9 Å². The van der Waals surface area contributed by atoms with Crippen LogP contribution in [0, 0.1) is 27.7 Å². The van der Waals surface area contributed by atoms with E-state index in [1.807, 2.05) is 84.9 Å². The molecule has 0 radical (unpaired) electrons. The van der Waals surface area contributed by atoms with Crippen LogP contribution in [0.3, 0.4) is 0 Å². The minimum atomic E-state index is -2.38. The number of hydrogen-bond donors (Lipinski definition) is 6. The molecule has 2 unspecified atom stereocenters. The lowest BCUT2D eigenvalue weighted by atomic mass is 10.2. The number of carboxylic acids is 2. The van der Waals surface area contributed by atoms with Crippen LogP contribution >= 0.6 is 0 Å². The van der Waals surface area contributed by atoms with Crippen LogP contribution in [0.15, 0.2) is 66.2 Å². The summed E-state index contributed by atoms with van der Waals surface area (Å²) < 4.78 is 21.1. The Hall–Kier alpha value is -4.96. The fourth-order valence-electron chi connectivity index (χ4n) is 3.87. The monoisotopic (exact) mass is 733 g/mol. The zero-order chi connectivity index (χ0) is 40.0. The molecule has 0 spiro atoms. The standard InChI is InChI=1S/C9H13NO2.2C8H13NO.C8H10O2.C4H6O6/c1-3-8(10-6-11)9-5-4-7(2)12-9;3*1-3-7(9)8-5-4-6(2)10-8;5-1(3(7)8)2(6)4(9)10/h4-6,8H,3H2,1-2H3,(H,10,11);2*4-5,7H,3,9H2,1-2H3;4-5H,3H2,1-2H3;1-2,5-6H,(H,7,8)(H,9,10)/t;7-;;;1-,2-/m.1..0/s1. The average molecular weight is 734 g/mol. The summed E-state index contributed by atoms with van der Waals surface area (Å²) in [7, 11) is 0. The predicted molar refractivity (Wildman–Crippen MR) is 188 cm³/mol. The summed E-state index contributed by atoms with van der Waals surface area (Å²) in [5, 5.41) is 36.8. The normalized spacial score (nSPS) is 13.0. The van der Waals surface area contributed by atoms with Gasteiger partial charge in [0.2, 0.25) is 6.41 Å². The second-order valence-corrected chi connectivity index (χ2v) is 11.4. The lowest BCUT2D eigenvalue weighted by Gasteiger charge is -2.13. The van der Waals surface area contributed by atoms with Gasteiger partial charge in [-0.05, 0) is 89.1 Å². The van der Waals surface area contributed by atoms with Crippen molar-refractivity contribution in [1.29, 1.82) is 0 Å². The number of rotatable bonds is 13. The second kappa shape index (κ2) is 25.1. The van der Waals surface area contributed by atoms with E-state index in [0.717, 1.165) is 59.6 Å². The molecule has 0 aromatic carbocycles. The molecule has 1 amide bonds. The molecule has 0 saturated heterocycles. The smallest absolute Gasteiger partial charge is 0.335 e. The minimum absolute atomic E-state index is 0.0104. The van der Waals surface area contributed by atoms with Gasteiger partial charge < -0.3 is 59.7 Å². The van der Waals surface area contributed by atoms with E-state index in [9.17, 15) is 24.3 Å². The van der Waals surface area contributed by atoms with Crippen molar-refractivity contribution in [3.8, 4) is 0 Å². The van der Waals surface area contributed by atoms with Crippen LogP contribution in [-0.4, -0.2) is 51.7 Å². The molecule has 15 heteroatoms. The second-order valence-electron chi connectivity index (χ2n) is 11.4. The maximum absolute atomic E-state index is 10.9. The molecule has 0 fully saturated rings. The molecule has 52 heavy (non-hydrogen) atoms. The molecule has 0 aliphatic carbocycles. The van der Waals surface area contributed by atoms with Gasteiger partial charge in [-0.2, -0.15) is 0 Å². The summed E-state index contributed by atoms with van der Waals surface area (Å²) in [6.07, 6.45) is -0.701. The summed E-state index contributed by atoms with van der Waals surface area (Å²) in [6, 6.07) is 15.5. The number of aliphatic carboxylic acids is 2. The quantitative estimate of drug-likeness (QED) is 0.0844. The molecular weight excluding hydrogens is 678 g/mol. The first kappa shape index (κ1) is 47.0. The number of carboxylic acid groups (broad SMARTS) is 2. The zero-order valence-corrected chi connectivity index (χ0v) is 31.2. The third-order valence-electron chi connectivity index (χ3n) is 7.13. The maximum atomic E-state index is 10.9. The Morgan fingerprint density at radius 3 is 1.52 bits per heavy atom. The number of nitrogens with two attached hydrogens (primary N) is 1. The largest absolute Gasteiger partial charge is 0.547 e. The first-order valence-corrected chi connectivity index (χ1v) is 16.8. The van der Waals surface area contributed by atoms with E-state index in [1.165, 1.54) is 0 Å². The van der Waals surface area contributed by atoms with E-state index < -0.39 is 24.1 Å². The molecular formula is C37H55N3O12. The Bertz CT molecular complexity index is 1540. The Balaban J connectivity index is 0.000000627. The van der Waals surface area contributed by atoms with Crippen molar-refractivity contribution in [2.24, 2.45) is 5.73 Å². The van der Waals surface area contributed by atoms with Crippen molar-refractivity contribution in [3.63, 3.8) is 0 Å². The summed E-state index contributed by atoms with van der Waals surface area (Å²) >= 11 is 0. The number of aliphatic hydroxyl groups is 2. The van der Waals surface area contributed by atoms with Crippen molar-refractivity contribution in [2.75, 3.05) is 0 Å². The Labute approximate surface area is 304 Å². The molecule has 0 saturated carbocycles. The van der Waals surface area contributed by atoms with Gasteiger partial charge in [0.25, 0.3) is 0 Å². The number of furan rings is 4. The van der Waals surface area contributed by atoms with E-state index in [0.29, 0.717) is 24.6 Å². The van der Waals surface area contributed by atoms with Gasteiger partial charge in [-0.1, -0.05) is 27.7 Å². The summed E-state index contributed by atoms with van der Waals surface area (Å²) in [5.74, 6) is 2.98. The Morgan fingerprint density at radius 2 is 1.21 bits per heavy atom. The highest BCUT2D eigenvalue weighted by Gasteiger charge is 2.24. The first-order chi connectivity index (χ1) is 24.4. The zero-order valence-electron chi connectivity index (χ0n) is 31.2. The molecule has 290 valence electrons. The Kier molecular flexibility index (Phi) is 22.7. The van der Waals surface area contributed by atoms with Crippen LogP contribution in [0.1, 0.15) is 122 Å². The minimum Gasteiger partial charge on any atom is -0.547 e. The lowest BCUT2D eigenvalue weighted by molar-refractivity contribution is -0.431. The van der Waals surface area contributed by atoms with Crippen molar-refractivity contribution in [2.45, 2.75) is 111 Å². The molecule has 0 bridgehead atoms. The third-order valence-corrected chi connectivity index (χ3v) is 7.13. The highest BCUT2D eigenvalue weighted by atomic mass is 16.4. The first-order valence-electron chi connectivity index (χ1n) is 16.8. The molecule has 0 aliphatic heterocycles. The molecule has 5 atom stereocenters. The number of carbonyl (C=O) groups is 4. The molecule has 4 aromatic rings. The highest BCUT2D eigenvalue weighted by Crippen LogP contribution is 2.18. The van der Waals surface area contributed by atoms with Gasteiger partial charge in [-0.3, -0.25) is 9.59 Å². The van der Waals surface area contributed by atoms with E-state index in [4.69, 9.17) is 38.7 Å². The van der Waals surface area contributed by atoms with Crippen LogP contribution < -0.4 is 21.9 Å². The van der Waals surface area contributed by atoms with Gasteiger partial charge in [0.05, 0.1) is 18.1 Å². The number of aliphatic hydroxyl groups excluding tert-OH is 2. The van der Waals surface area contributed by atoms with Crippen LogP contribution in [0.4, 0.5) is 0 Å². The summed E-state index contributed by atoms with van der Waals surface area (Å²) in [5.41, 5.74) is 9.66. The summed E-state index contributed by atoms with van der Waals surface area (Å²) in [4.78, 5) is 40.5. The number of quaternary nitrogens is 1. The molecule has 15 nitrogen and oxygen atoms in total. The topological polar surface area (TPSA) is 270 Å². The maximum Gasteiger partial charge on any atom is 0.335 e. The van der Waals surface area contributed by atoms with Crippen molar-refractivity contribution < 1.29 is 63.0 Å². The van der Waals surface area contributed by atoms with E-state index in [2.05, 4.69) is 18.0 Å². The number of Topliss-reactive ketones (excluding diaryl/α,β-unsaturated/α-hetero) is 1. The van der Waals surface area contributed by atoms with Crippen LogP contribution in [0.2, 0.25) is 0 Å². The van der Waals surface area contributed by atoms with Gasteiger partial charge in [0.1, 0.15) is 46.7 Å². The number of amides is 1. The number of carbonyl (C=O) groups excluding carboxylic acids is 3. The van der Waals surface area contributed by atoms with Gasteiger partial charge in [0, 0.05) is 12.8 Å². The van der Waals surface area contributed by atoms with Crippen LogP contribution in [-0.2, 0) is 14.4 Å². The lowest BCUT2D eigenvalue weighted by Crippen LogP contribution is -2.52. The van der Waals surface area contributed by atoms with Gasteiger partial charge in [-0.15, -0.1) is 0 Å². The van der Waals surface area contributed by atoms with Crippen molar-refractivity contribution in [3.05, 3.63) is 94.6 Å². The summed E-state index contributed by atoms with van der Waals surface area (Å²) in [6.45, 7) is 15.6. The number of hydrogen-bond acceptors (Lipinski definition) is 12. The molecule has 4 rings (SSSR count). The highest BCUT2D eigenvalue weighted by molar-refractivity contribution is 5.93.